The first kappa shape index (κ1) is 23.2. The Morgan fingerprint density at radius 2 is 1.81 bits per heavy atom. The third-order valence-electron chi connectivity index (χ3n) is 5.39. The maximum absolute atomic E-state index is 12.5. The number of amides is 2. The molecule has 32 heavy (non-hydrogen) atoms. The Kier molecular flexibility index (Phi) is 7.07. The summed E-state index contributed by atoms with van der Waals surface area (Å²) in [7, 11) is 0. The standard InChI is InChI=1S/C23H29N5O4/c1-6-32-23(31)15(4)26-22(30)14(3)24-20(29)12-11-17-13(2)25-21-18-9-7-8-10-19(18)27-28(21)16(17)5/h7-10,14-15H,6,11-12H2,1-5H3,(H,24,29)(H,26,30)/t14-,15-/m0/s1. The van der Waals surface area contributed by atoms with Crippen molar-refractivity contribution in [2.45, 2.75) is 59.5 Å². The number of benzene rings is 1. The molecule has 2 atom stereocenters. The van der Waals surface area contributed by atoms with Crippen molar-refractivity contribution in [3.63, 3.8) is 0 Å². The average Bonchev–Trinajstić information content (AvgIpc) is 3.12. The first-order chi connectivity index (χ1) is 15.2. The van der Waals surface area contributed by atoms with Crippen LogP contribution < -0.4 is 10.6 Å². The van der Waals surface area contributed by atoms with Gasteiger partial charge in [-0.3, -0.25) is 9.59 Å². The first-order valence-corrected chi connectivity index (χ1v) is 10.7. The molecule has 2 heterocycles. The van der Waals surface area contributed by atoms with Gasteiger partial charge in [-0.25, -0.2) is 14.3 Å². The molecule has 0 spiro atoms. The van der Waals surface area contributed by atoms with E-state index < -0.39 is 24.0 Å². The average molecular weight is 440 g/mol. The molecule has 3 aromatic rings. The van der Waals surface area contributed by atoms with E-state index in [1.807, 2.05) is 42.6 Å². The van der Waals surface area contributed by atoms with Crippen molar-refractivity contribution in [3.05, 3.63) is 41.2 Å². The topological polar surface area (TPSA) is 115 Å². The molecular weight excluding hydrogens is 410 g/mol. The van der Waals surface area contributed by atoms with Crippen molar-refractivity contribution in [2.75, 3.05) is 6.61 Å². The molecule has 9 nitrogen and oxygen atoms in total. The van der Waals surface area contributed by atoms with E-state index in [1.54, 1.807) is 13.8 Å². The van der Waals surface area contributed by atoms with Crippen molar-refractivity contribution in [3.8, 4) is 0 Å². The molecule has 0 fully saturated rings. The summed E-state index contributed by atoms with van der Waals surface area (Å²) in [6, 6.07) is 6.27. The third kappa shape index (κ3) is 4.87. The molecule has 1 aromatic carbocycles. The molecular formula is C23H29N5O4. The smallest absolute Gasteiger partial charge is 0.328 e. The number of carbonyl (C=O) groups is 3. The lowest BCUT2D eigenvalue weighted by atomic mass is 10.1. The Labute approximate surface area is 186 Å². The minimum Gasteiger partial charge on any atom is -0.464 e. The van der Waals surface area contributed by atoms with E-state index in [-0.39, 0.29) is 18.9 Å². The van der Waals surface area contributed by atoms with E-state index in [4.69, 9.17) is 9.72 Å². The molecule has 0 unspecified atom stereocenters. The van der Waals surface area contributed by atoms with Crippen LogP contribution in [0.2, 0.25) is 0 Å². The first-order valence-electron chi connectivity index (χ1n) is 10.7. The zero-order valence-electron chi connectivity index (χ0n) is 19.1. The van der Waals surface area contributed by atoms with Gasteiger partial charge in [0.05, 0.1) is 12.1 Å². The van der Waals surface area contributed by atoms with E-state index in [0.29, 0.717) is 6.42 Å². The van der Waals surface area contributed by atoms with Crippen LogP contribution in [-0.4, -0.2) is 51.1 Å². The molecule has 2 aromatic heterocycles. The normalized spacial score (nSPS) is 13.0. The summed E-state index contributed by atoms with van der Waals surface area (Å²) in [5.41, 5.74) is 4.40. The number of esters is 1. The van der Waals surface area contributed by atoms with E-state index >= 15 is 0 Å². The van der Waals surface area contributed by atoms with Gasteiger partial charge in [-0.2, -0.15) is 5.10 Å². The summed E-state index contributed by atoms with van der Waals surface area (Å²) in [5.74, 6) is -1.22. The monoisotopic (exact) mass is 439 g/mol. The van der Waals surface area contributed by atoms with Crippen LogP contribution >= 0.6 is 0 Å². The number of nitrogens with one attached hydrogen (secondary N) is 2. The van der Waals surface area contributed by atoms with Crippen LogP contribution in [0.1, 0.15) is 44.1 Å². The number of fused-ring (bicyclic) bond motifs is 3. The number of hydrogen-bond donors (Lipinski definition) is 2. The predicted molar refractivity (Wildman–Crippen MR) is 120 cm³/mol. The molecule has 0 saturated heterocycles. The van der Waals surface area contributed by atoms with Gasteiger partial charge in [0.15, 0.2) is 5.65 Å². The third-order valence-corrected chi connectivity index (χ3v) is 5.39. The summed E-state index contributed by atoms with van der Waals surface area (Å²) in [4.78, 5) is 41.1. The second-order valence-electron chi connectivity index (χ2n) is 7.79. The highest BCUT2D eigenvalue weighted by Crippen LogP contribution is 2.22. The van der Waals surface area contributed by atoms with Crippen LogP contribution in [0.15, 0.2) is 24.3 Å². The summed E-state index contributed by atoms with van der Waals surface area (Å²) >= 11 is 0. The lowest BCUT2D eigenvalue weighted by Gasteiger charge is -2.18. The number of rotatable bonds is 8. The van der Waals surface area contributed by atoms with Crippen LogP contribution in [0.3, 0.4) is 0 Å². The molecule has 0 radical (unpaired) electrons. The summed E-state index contributed by atoms with van der Waals surface area (Å²) in [5, 5.41) is 10.8. The number of hydrogen-bond acceptors (Lipinski definition) is 6. The van der Waals surface area contributed by atoms with E-state index in [1.165, 1.54) is 6.92 Å². The Balaban J connectivity index is 1.63. The SMILES string of the molecule is CCOC(=O)[C@H](C)NC(=O)[C@H](C)NC(=O)CCc1c(C)nc2c3ccccc3nn2c1C. The van der Waals surface area contributed by atoms with Gasteiger partial charge in [0.1, 0.15) is 12.1 Å². The summed E-state index contributed by atoms with van der Waals surface area (Å²) in [6.07, 6.45) is 0.664. The second-order valence-corrected chi connectivity index (χ2v) is 7.79. The highest BCUT2D eigenvalue weighted by atomic mass is 16.5. The van der Waals surface area contributed by atoms with Gasteiger partial charge in [0, 0.05) is 23.2 Å². The lowest BCUT2D eigenvalue weighted by molar-refractivity contribution is -0.147. The highest BCUT2D eigenvalue weighted by molar-refractivity contribution is 5.92. The minimum absolute atomic E-state index is 0.195. The van der Waals surface area contributed by atoms with Crippen molar-refractivity contribution >= 4 is 34.3 Å². The van der Waals surface area contributed by atoms with Gasteiger partial charge in [0.25, 0.3) is 0 Å². The van der Waals surface area contributed by atoms with Gasteiger partial charge in [-0.05, 0) is 58.7 Å². The van der Waals surface area contributed by atoms with Crippen LogP contribution in [0.4, 0.5) is 0 Å². The number of ether oxygens (including phenoxy) is 1. The van der Waals surface area contributed by atoms with E-state index in [0.717, 1.165) is 33.5 Å². The molecule has 0 aliphatic heterocycles. The van der Waals surface area contributed by atoms with Crippen molar-refractivity contribution in [1.29, 1.82) is 0 Å². The van der Waals surface area contributed by atoms with E-state index in [9.17, 15) is 14.4 Å². The summed E-state index contributed by atoms with van der Waals surface area (Å²) in [6.45, 7) is 8.94. The molecule has 0 saturated carbocycles. The molecule has 9 heteroatoms. The van der Waals surface area contributed by atoms with Crippen LogP contribution in [0.25, 0.3) is 16.6 Å². The summed E-state index contributed by atoms with van der Waals surface area (Å²) < 4.78 is 6.69. The fourth-order valence-electron chi connectivity index (χ4n) is 3.62. The largest absolute Gasteiger partial charge is 0.464 e. The molecule has 2 amide bonds. The Bertz CT molecular complexity index is 1170. The van der Waals surface area contributed by atoms with Gasteiger partial charge in [-0.1, -0.05) is 12.1 Å². The molecule has 170 valence electrons. The van der Waals surface area contributed by atoms with Crippen LogP contribution in [0.5, 0.6) is 0 Å². The van der Waals surface area contributed by atoms with Crippen LogP contribution in [0, 0.1) is 13.8 Å². The fourth-order valence-corrected chi connectivity index (χ4v) is 3.62. The molecule has 0 aliphatic rings. The zero-order valence-corrected chi connectivity index (χ0v) is 19.1. The van der Waals surface area contributed by atoms with Crippen molar-refractivity contribution in [2.24, 2.45) is 0 Å². The van der Waals surface area contributed by atoms with Crippen molar-refractivity contribution < 1.29 is 19.1 Å². The van der Waals surface area contributed by atoms with Gasteiger partial charge < -0.3 is 15.4 Å². The minimum atomic E-state index is -0.783. The Hall–Kier alpha value is -3.49. The molecule has 3 rings (SSSR count). The Morgan fingerprint density at radius 1 is 1.09 bits per heavy atom. The number of carbonyl (C=O) groups excluding carboxylic acids is 3. The number of aryl methyl sites for hydroxylation is 2. The molecule has 0 bridgehead atoms. The lowest BCUT2D eigenvalue weighted by Crippen LogP contribution is -2.49. The second kappa shape index (κ2) is 9.76. The van der Waals surface area contributed by atoms with Crippen LogP contribution in [-0.2, 0) is 25.5 Å². The maximum atomic E-state index is 12.5. The van der Waals surface area contributed by atoms with Gasteiger partial charge >= 0.3 is 5.97 Å². The van der Waals surface area contributed by atoms with Gasteiger partial charge in [0.2, 0.25) is 11.8 Å². The van der Waals surface area contributed by atoms with Crippen molar-refractivity contribution in [1.82, 2.24) is 25.2 Å². The zero-order chi connectivity index (χ0) is 23.4. The number of aromatic nitrogens is 3. The fraction of sp³-hybridized carbons (Fsp3) is 0.435. The van der Waals surface area contributed by atoms with E-state index in [2.05, 4.69) is 15.7 Å². The maximum Gasteiger partial charge on any atom is 0.328 e. The Morgan fingerprint density at radius 3 is 2.53 bits per heavy atom. The molecule has 2 N–H and O–H groups in total. The molecule has 0 aliphatic carbocycles. The number of nitrogens with zero attached hydrogens (tertiary/aromatic N) is 3. The highest BCUT2D eigenvalue weighted by Gasteiger charge is 2.22. The predicted octanol–water partition coefficient (Wildman–Crippen LogP) is 2.00. The quantitative estimate of drug-likeness (QED) is 0.519. The van der Waals surface area contributed by atoms with Gasteiger partial charge in [-0.15, -0.1) is 0 Å².